The number of rotatable bonds is 4. The molecule has 0 heterocycles. The molecular weight excluding hydrogens is 285 g/mol. The van der Waals surface area contributed by atoms with E-state index in [0.29, 0.717) is 17.0 Å². The number of hydrogen-bond donors (Lipinski definition) is 0. The second-order valence-corrected chi connectivity index (χ2v) is 5.07. The van der Waals surface area contributed by atoms with Crippen LogP contribution in [0.15, 0.2) is 48.5 Å². The third-order valence-corrected chi connectivity index (χ3v) is 3.48. The number of nitro benzene ring substituents is 1. The molecule has 0 spiro atoms. The van der Waals surface area contributed by atoms with E-state index in [4.69, 9.17) is 23.2 Å². The molecule has 0 saturated heterocycles. The van der Waals surface area contributed by atoms with Crippen LogP contribution in [0.3, 0.4) is 0 Å². The fourth-order valence-electron chi connectivity index (χ4n) is 1.84. The molecule has 0 radical (unpaired) electrons. The molecule has 0 aromatic heterocycles. The Bertz CT molecular complexity index is 584. The van der Waals surface area contributed by atoms with Gasteiger partial charge in [-0.15, -0.1) is 11.6 Å². The first-order chi connectivity index (χ1) is 9.08. The van der Waals surface area contributed by atoms with Crippen molar-refractivity contribution < 1.29 is 4.92 Å². The van der Waals surface area contributed by atoms with Gasteiger partial charge in [-0.3, -0.25) is 10.1 Å². The van der Waals surface area contributed by atoms with Crippen LogP contribution in [0.1, 0.15) is 16.5 Å². The molecule has 0 aliphatic rings. The topological polar surface area (TPSA) is 43.1 Å². The zero-order chi connectivity index (χ0) is 13.8. The Hall–Kier alpha value is -1.58. The highest BCUT2D eigenvalue weighted by molar-refractivity contribution is 6.30. The Kier molecular flexibility index (Phi) is 4.40. The van der Waals surface area contributed by atoms with Crippen molar-refractivity contribution in [1.82, 2.24) is 0 Å². The summed E-state index contributed by atoms with van der Waals surface area (Å²) in [5.41, 5.74) is 1.62. The van der Waals surface area contributed by atoms with E-state index >= 15 is 0 Å². The highest BCUT2D eigenvalue weighted by atomic mass is 35.5. The van der Waals surface area contributed by atoms with Crippen LogP contribution in [-0.4, -0.2) is 4.92 Å². The zero-order valence-corrected chi connectivity index (χ0v) is 11.4. The standard InChI is InChI=1S/C14H11Cl2NO2/c15-12-7-5-10(6-8-12)13(16)9-11-3-1-2-4-14(11)17(18)19/h1-8,13H,9H2. The highest BCUT2D eigenvalue weighted by Gasteiger charge is 2.17. The SMILES string of the molecule is O=[N+]([O-])c1ccccc1CC(Cl)c1ccc(Cl)cc1. The van der Waals surface area contributed by atoms with E-state index in [1.54, 1.807) is 30.3 Å². The van der Waals surface area contributed by atoms with Gasteiger partial charge in [0.15, 0.2) is 0 Å². The Morgan fingerprint density at radius 1 is 1.11 bits per heavy atom. The summed E-state index contributed by atoms with van der Waals surface area (Å²) in [6.07, 6.45) is 0.403. The maximum absolute atomic E-state index is 10.9. The average molecular weight is 296 g/mol. The monoisotopic (exact) mass is 295 g/mol. The molecule has 0 amide bonds. The Labute approximate surface area is 120 Å². The van der Waals surface area contributed by atoms with Gasteiger partial charge in [-0.25, -0.2) is 0 Å². The fraction of sp³-hybridized carbons (Fsp3) is 0.143. The molecule has 1 atom stereocenters. The van der Waals surface area contributed by atoms with Gasteiger partial charge in [0, 0.05) is 16.7 Å². The van der Waals surface area contributed by atoms with Crippen molar-refractivity contribution in [3.05, 3.63) is 74.8 Å². The Morgan fingerprint density at radius 2 is 1.74 bits per heavy atom. The molecule has 0 aliphatic heterocycles. The normalized spacial score (nSPS) is 12.1. The van der Waals surface area contributed by atoms with Crippen LogP contribution in [0.2, 0.25) is 5.02 Å². The third-order valence-electron chi connectivity index (χ3n) is 2.82. The van der Waals surface area contributed by atoms with Gasteiger partial charge in [-0.05, 0) is 24.1 Å². The first-order valence-electron chi connectivity index (χ1n) is 5.70. The van der Waals surface area contributed by atoms with E-state index in [2.05, 4.69) is 0 Å². The van der Waals surface area contributed by atoms with Crippen molar-refractivity contribution in [3.63, 3.8) is 0 Å². The summed E-state index contributed by atoms with van der Waals surface area (Å²) in [6, 6.07) is 13.8. The molecular formula is C14H11Cl2NO2. The minimum absolute atomic E-state index is 0.0992. The maximum atomic E-state index is 10.9. The molecule has 5 heteroatoms. The first kappa shape index (κ1) is 13.8. The molecule has 1 unspecified atom stereocenters. The van der Waals surface area contributed by atoms with Gasteiger partial charge in [-0.1, -0.05) is 41.9 Å². The molecule has 2 aromatic rings. The molecule has 98 valence electrons. The van der Waals surface area contributed by atoms with Gasteiger partial charge in [0.05, 0.1) is 10.3 Å². The van der Waals surface area contributed by atoms with E-state index < -0.39 is 0 Å². The average Bonchev–Trinajstić information content (AvgIpc) is 2.39. The van der Waals surface area contributed by atoms with Crippen molar-refractivity contribution >= 4 is 28.9 Å². The molecule has 0 saturated carbocycles. The lowest BCUT2D eigenvalue weighted by Gasteiger charge is -2.10. The highest BCUT2D eigenvalue weighted by Crippen LogP contribution is 2.29. The number of benzene rings is 2. The summed E-state index contributed by atoms with van der Waals surface area (Å²) in [5, 5.41) is 11.2. The lowest BCUT2D eigenvalue weighted by atomic mass is 10.0. The minimum Gasteiger partial charge on any atom is -0.258 e. The fourth-order valence-corrected chi connectivity index (χ4v) is 2.28. The van der Waals surface area contributed by atoms with Crippen LogP contribution in [0.25, 0.3) is 0 Å². The lowest BCUT2D eigenvalue weighted by Crippen LogP contribution is -2.00. The number of halogens is 2. The van der Waals surface area contributed by atoms with Crippen molar-refractivity contribution in [2.24, 2.45) is 0 Å². The van der Waals surface area contributed by atoms with Gasteiger partial charge in [-0.2, -0.15) is 0 Å². The lowest BCUT2D eigenvalue weighted by molar-refractivity contribution is -0.385. The van der Waals surface area contributed by atoms with Crippen LogP contribution >= 0.6 is 23.2 Å². The van der Waals surface area contributed by atoms with Crippen LogP contribution in [0.4, 0.5) is 5.69 Å². The summed E-state index contributed by atoms with van der Waals surface area (Å²) >= 11 is 12.1. The van der Waals surface area contributed by atoms with Crippen LogP contribution in [0, 0.1) is 10.1 Å². The van der Waals surface area contributed by atoms with Gasteiger partial charge in [0.25, 0.3) is 5.69 Å². The summed E-state index contributed by atoms with van der Waals surface area (Å²) in [5.74, 6) is 0. The zero-order valence-electron chi connectivity index (χ0n) is 9.92. The maximum Gasteiger partial charge on any atom is 0.272 e. The molecule has 0 aliphatic carbocycles. The van der Waals surface area contributed by atoms with E-state index in [0.717, 1.165) is 5.56 Å². The molecule has 3 nitrogen and oxygen atoms in total. The van der Waals surface area contributed by atoms with Crippen molar-refractivity contribution in [3.8, 4) is 0 Å². The van der Waals surface area contributed by atoms with Gasteiger partial charge >= 0.3 is 0 Å². The molecule has 2 rings (SSSR count). The van der Waals surface area contributed by atoms with Crippen LogP contribution in [0.5, 0.6) is 0 Å². The van der Waals surface area contributed by atoms with Gasteiger partial charge < -0.3 is 0 Å². The van der Waals surface area contributed by atoms with Crippen molar-refractivity contribution in [2.75, 3.05) is 0 Å². The molecule has 0 fully saturated rings. The predicted octanol–water partition coefficient (Wildman–Crippen LogP) is 4.77. The molecule has 0 bridgehead atoms. The third kappa shape index (κ3) is 3.46. The Morgan fingerprint density at radius 3 is 2.37 bits per heavy atom. The summed E-state index contributed by atoms with van der Waals surface area (Å²) in [6.45, 7) is 0. The van der Waals surface area contributed by atoms with E-state index in [-0.39, 0.29) is 16.0 Å². The predicted molar refractivity (Wildman–Crippen MR) is 76.8 cm³/mol. The summed E-state index contributed by atoms with van der Waals surface area (Å²) in [7, 11) is 0. The minimum atomic E-state index is -0.388. The number of nitro groups is 1. The Balaban J connectivity index is 2.21. The van der Waals surface area contributed by atoms with E-state index in [1.165, 1.54) is 6.07 Å². The molecule has 19 heavy (non-hydrogen) atoms. The summed E-state index contributed by atoms with van der Waals surface area (Å²) in [4.78, 5) is 10.5. The van der Waals surface area contributed by atoms with Crippen LogP contribution in [-0.2, 0) is 6.42 Å². The number of para-hydroxylation sites is 1. The largest absolute Gasteiger partial charge is 0.272 e. The van der Waals surface area contributed by atoms with Gasteiger partial charge in [0.1, 0.15) is 0 Å². The number of nitrogens with zero attached hydrogens (tertiary/aromatic N) is 1. The molecule has 0 N–H and O–H groups in total. The smallest absolute Gasteiger partial charge is 0.258 e. The van der Waals surface area contributed by atoms with Crippen molar-refractivity contribution in [1.29, 1.82) is 0 Å². The number of alkyl halides is 1. The summed E-state index contributed by atoms with van der Waals surface area (Å²) < 4.78 is 0. The molecule has 2 aromatic carbocycles. The van der Waals surface area contributed by atoms with Crippen molar-refractivity contribution in [2.45, 2.75) is 11.8 Å². The van der Waals surface area contributed by atoms with Gasteiger partial charge in [0.2, 0.25) is 0 Å². The van der Waals surface area contributed by atoms with Crippen LogP contribution < -0.4 is 0 Å². The van der Waals surface area contributed by atoms with E-state index in [1.807, 2.05) is 12.1 Å². The second-order valence-electron chi connectivity index (χ2n) is 4.11. The number of hydrogen-bond acceptors (Lipinski definition) is 2. The first-order valence-corrected chi connectivity index (χ1v) is 6.51. The second kappa shape index (κ2) is 6.04. The quantitative estimate of drug-likeness (QED) is 0.463. The van der Waals surface area contributed by atoms with E-state index in [9.17, 15) is 10.1 Å².